The van der Waals surface area contributed by atoms with Crippen molar-refractivity contribution in [1.29, 1.82) is 0 Å². The second-order valence-corrected chi connectivity index (χ2v) is 8.52. The number of rotatable bonds is 6. The van der Waals surface area contributed by atoms with Gasteiger partial charge >= 0.3 is 0 Å². The minimum atomic E-state index is -3.57. The number of aryl methyl sites for hydroxylation is 3. The first kappa shape index (κ1) is 19.9. The molecule has 0 bridgehead atoms. The standard InChI is InChI=1S/C19H24N2O4S/c1-13-6-9-18(15(3)10-13)25-12-19(22)20-17-11-16(8-7-14(17)2)26(23,24)21(4)5/h6-11H,12H2,1-5H3,(H,20,22). The summed E-state index contributed by atoms with van der Waals surface area (Å²) in [5, 5.41) is 2.72. The molecule has 0 spiro atoms. The molecule has 0 aromatic heterocycles. The van der Waals surface area contributed by atoms with Gasteiger partial charge in [-0.05, 0) is 50.1 Å². The molecule has 26 heavy (non-hydrogen) atoms. The largest absolute Gasteiger partial charge is 0.483 e. The molecule has 0 heterocycles. The molecule has 0 saturated heterocycles. The lowest BCUT2D eigenvalue weighted by molar-refractivity contribution is -0.118. The Bertz CT molecular complexity index is 921. The van der Waals surface area contributed by atoms with Crippen LogP contribution in [-0.4, -0.2) is 39.3 Å². The SMILES string of the molecule is Cc1ccc(OCC(=O)Nc2cc(S(=O)(=O)N(C)C)ccc2C)c(C)c1. The normalized spacial score (nSPS) is 11.5. The van der Waals surface area contributed by atoms with E-state index in [0.717, 1.165) is 21.0 Å². The molecule has 0 aliphatic heterocycles. The van der Waals surface area contributed by atoms with Gasteiger partial charge in [0.05, 0.1) is 4.90 Å². The van der Waals surface area contributed by atoms with Crippen molar-refractivity contribution in [3.8, 4) is 5.75 Å². The zero-order valence-corrected chi connectivity index (χ0v) is 16.5. The summed E-state index contributed by atoms with van der Waals surface area (Å²) in [4.78, 5) is 12.3. The van der Waals surface area contributed by atoms with Crippen LogP contribution in [0, 0.1) is 20.8 Å². The number of ether oxygens (including phenoxy) is 1. The van der Waals surface area contributed by atoms with Crippen LogP contribution in [0.1, 0.15) is 16.7 Å². The fourth-order valence-corrected chi connectivity index (χ4v) is 3.33. The number of benzene rings is 2. The van der Waals surface area contributed by atoms with Gasteiger partial charge in [0.25, 0.3) is 5.91 Å². The summed E-state index contributed by atoms with van der Waals surface area (Å²) in [7, 11) is -0.639. The van der Waals surface area contributed by atoms with Gasteiger partial charge in [0.15, 0.2) is 6.61 Å². The topological polar surface area (TPSA) is 75.7 Å². The van der Waals surface area contributed by atoms with E-state index in [2.05, 4.69) is 5.32 Å². The first-order valence-electron chi connectivity index (χ1n) is 8.14. The number of sulfonamides is 1. The molecule has 140 valence electrons. The van der Waals surface area contributed by atoms with Crippen LogP contribution in [0.5, 0.6) is 5.75 Å². The zero-order chi connectivity index (χ0) is 19.5. The Labute approximate surface area is 154 Å². The molecule has 2 rings (SSSR count). The highest BCUT2D eigenvalue weighted by Crippen LogP contribution is 2.22. The summed E-state index contributed by atoms with van der Waals surface area (Å²) in [6.45, 7) is 5.54. The molecule has 7 heteroatoms. The van der Waals surface area contributed by atoms with Crippen LogP contribution in [0.2, 0.25) is 0 Å². The van der Waals surface area contributed by atoms with E-state index in [1.165, 1.54) is 26.2 Å². The number of nitrogens with zero attached hydrogens (tertiary/aromatic N) is 1. The molecule has 6 nitrogen and oxygen atoms in total. The molecular weight excluding hydrogens is 352 g/mol. The van der Waals surface area contributed by atoms with Gasteiger partial charge in [-0.3, -0.25) is 4.79 Å². The van der Waals surface area contributed by atoms with Gasteiger partial charge < -0.3 is 10.1 Å². The maximum Gasteiger partial charge on any atom is 0.262 e. The predicted octanol–water partition coefficient (Wildman–Crippen LogP) is 2.88. The van der Waals surface area contributed by atoms with Gasteiger partial charge in [-0.2, -0.15) is 0 Å². The monoisotopic (exact) mass is 376 g/mol. The van der Waals surface area contributed by atoms with Gasteiger partial charge in [-0.25, -0.2) is 12.7 Å². The number of hydrogen-bond acceptors (Lipinski definition) is 4. The summed E-state index contributed by atoms with van der Waals surface area (Å²) in [6.07, 6.45) is 0. The first-order valence-corrected chi connectivity index (χ1v) is 9.58. The van der Waals surface area contributed by atoms with Crippen LogP contribution in [0.15, 0.2) is 41.3 Å². The maximum atomic E-state index is 12.2. The summed E-state index contributed by atoms with van der Waals surface area (Å²) in [5.74, 6) is 0.291. The van der Waals surface area contributed by atoms with Crippen molar-refractivity contribution in [3.63, 3.8) is 0 Å². The summed E-state index contributed by atoms with van der Waals surface area (Å²) < 4.78 is 31.2. The van der Waals surface area contributed by atoms with Crippen molar-refractivity contribution >= 4 is 21.6 Å². The van der Waals surface area contributed by atoms with Gasteiger partial charge in [-0.15, -0.1) is 0 Å². The van der Waals surface area contributed by atoms with Crippen LogP contribution in [0.3, 0.4) is 0 Å². The van der Waals surface area contributed by atoms with E-state index >= 15 is 0 Å². The molecule has 0 aliphatic carbocycles. The van der Waals surface area contributed by atoms with Crippen molar-refractivity contribution in [2.24, 2.45) is 0 Å². The third kappa shape index (κ3) is 4.62. The maximum absolute atomic E-state index is 12.2. The predicted molar refractivity (Wildman–Crippen MR) is 102 cm³/mol. The summed E-state index contributed by atoms with van der Waals surface area (Å²) in [6, 6.07) is 10.4. The minimum absolute atomic E-state index is 0.124. The van der Waals surface area contributed by atoms with Crippen molar-refractivity contribution < 1.29 is 17.9 Å². The van der Waals surface area contributed by atoms with Crippen LogP contribution in [0.4, 0.5) is 5.69 Å². The van der Waals surface area contributed by atoms with Crippen LogP contribution in [-0.2, 0) is 14.8 Å². The number of carbonyl (C=O) groups excluding carboxylic acids is 1. The van der Waals surface area contributed by atoms with Crippen LogP contribution < -0.4 is 10.1 Å². The van der Waals surface area contributed by atoms with Crippen molar-refractivity contribution in [2.75, 3.05) is 26.0 Å². The lowest BCUT2D eigenvalue weighted by atomic mass is 10.1. The molecule has 0 fully saturated rings. The Morgan fingerprint density at radius 1 is 1.04 bits per heavy atom. The Morgan fingerprint density at radius 3 is 2.35 bits per heavy atom. The number of carbonyl (C=O) groups is 1. The quantitative estimate of drug-likeness (QED) is 0.841. The average molecular weight is 376 g/mol. The lowest BCUT2D eigenvalue weighted by Gasteiger charge is -2.15. The lowest BCUT2D eigenvalue weighted by Crippen LogP contribution is -2.23. The molecule has 0 atom stereocenters. The van der Waals surface area contributed by atoms with E-state index < -0.39 is 10.0 Å². The number of hydrogen-bond donors (Lipinski definition) is 1. The Kier molecular flexibility index (Phi) is 6.05. The highest BCUT2D eigenvalue weighted by molar-refractivity contribution is 7.89. The third-order valence-corrected chi connectivity index (χ3v) is 5.76. The van der Waals surface area contributed by atoms with Gasteiger partial charge in [0.2, 0.25) is 10.0 Å². The molecule has 0 unspecified atom stereocenters. The smallest absolute Gasteiger partial charge is 0.262 e. The Morgan fingerprint density at radius 2 is 1.73 bits per heavy atom. The van der Waals surface area contributed by atoms with Gasteiger partial charge in [-0.1, -0.05) is 23.8 Å². The van der Waals surface area contributed by atoms with E-state index in [1.807, 2.05) is 32.0 Å². The van der Waals surface area contributed by atoms with E-state index in [-0.39, 0.29) is 17.4 Å². The molecule has 1 amide bonds. The second kappa shape index (κ2) is 7.88. The summed E-state index contributed by atoms with van der Waals surface area (Å²) >= 11 is 0. The number of nitrogens with one attached hydrogen (secondary N) is 1. The van der Waals surface area contributed by atoms with Crippen LogP contribution >= 0.6 is 0 Å². The van der Waals surface area contributed by atoms with Gasteiger partial charge in [0, 0.05) is 19.8 Å². The third-order valence-electron chi connectivity index (χ3n) is 3.95. The molecule has 2 aromatic carbocycles. The van der Waals surface area contributed by atoms with E-state index in [0.29, 0.717) is 11.4 Å². The number of amides is 1. The van der Waals surface area contributed by atoms with Crippen molar-refractivity contribution in [1.82, 2.24) is 4.31 Å². The second-order valence-electron chi connectivity index (χ2n) is 6.37. The van der Waals surface area contributed by atoms with Gasteiger partial charge in [0.1, 0.15) is 5.75 Å². The first-order chi connectivity index (χ1) is 12.1. The van der Waals surface area contributed by atoms with Crippen LogP contribution in [0.25, 0.3) is 0 Å². The molecule has 0 radical (unpaired) electrons. The van der Waals surface area contributed by atoms with E-state index in [4.69, 9.17) is 4.74 Å². The molecule has 0 saturated carbocycles. The molecular formula is C19H24N2O4S. The van der Waals surface area contributed by atoms with E-state index in [9.17, 15) is 13.2 Å². The van der Waals surface area contributed by atoms with Crippen molar-refractivity contribution in [2.45, 2.75) is 25.7 Å². The number of anilines is 1. The highest BCUT2D eigenvalue weighted by Gasteiger charge is 2.18. The summed E-state index contributed by atoms with van der Waals surface area (Å²) in [5.41, 5.74) is 3.28. The Hall–Kier alpha value is -2.38. The fourth-order valence-electron chi connectivity index (χ4n) is 2.40. The average Bonchev–Trinajstić information content (AvgIpc) is 2.55. The highest BCUT2D eigenvalue weighted by atomic mass is 32.2. The minimum Gasteiger partial charge on any atom is -0.483 e. The zero-order valence-electron chi connectivity index (χ0n) is 15.7. The Balaban J connectivity index is 2.11. The molecule has 1 N–H and O–H groups in total. The van der Waals surface area contributed by atoms with Crippen molar-refractivity contribution in [3.05, 3.63) is 53.1 Å². The molecule has 0 aliphatic rings. The molecule has 2 aromatic rings. The van der Waals surface area contributed by atoms with E-state index in [1.54, 1.807) is 13.0 Å². The fraction of sp³-hybridized carbons (Fsp3) is 0.316.